The molecule has 0 fully saturated rings. The van der Waals surface area contributed by atoms with Gasteiger partial charge in [0.1, 0.15) is 24.4 Å². The van der Waals surface area contributed by atoms with E-state index in [0.29, 0.717) is 32.9 Å². The van der Waals surface area contributed by atoms with Gasteiger partial charge in [-0.25, -0.2) is 0 Å². The van der Waals surface area contributed by atoms with E-state index in [-0.39, 0.29) is 96.4 Å². The summed E-state index contributed by atoms with van der Waals surface area (Å²) in [5.74, 6) is -0.497. The molecule has 504 valence electrons. The molecular weight excluding hydrogens is 1130 g/mol. The Kier molecular flexibility index (Phi) is 112. The second-order valence-corrected chi connectivity index (χ2v) is 22.0. The standard InChI is InChI=1S/2C17H35NO2.C15H31NO2.C12H26O.C3H7NO2.ClH.4H2S/c2*1-5-6-7-8-9-10-11-12-13-14-15-20-17(19)16(2)18(3)4;1-3-4-5-6-7-8-9-10-11-12-13-18-15(17)14(2)16;1-2-3-4-5-6-7-8-9-10-11-12-13;1-3(4)6-2-5;;;;;/h2*16H,5-15H2,1-4H3;14H,3-13,16H2,1-2H3;13H,2-12H2,1H3;2-3H,4H2,1H3;1H;4*1H2/t2*16-;14-;;3-;;;;;/m000.1...../s1. The molecule has 0 aromatic rings. The van der Waals surface area contributed by atoms with E-state index in [4.69, 9.17) is 30.8 Å². The predicted octanol–water partition coefficient (Wildman–Crippen LogP) is 16.8. The fourth-order valence-electron chi connectivity index (χ4n) is 7.77. The summed E-state index contributed by atoms with van der Waals surface area (Å²) in [5.41, 5.74) is 10.3. The summed E-state index contributed by atoms with van der Waals surface area (Å²) < 4.78 is 19.7. The number of halogens is 1. The summed E-state index contributed by atoms with van der Waals surface area (Å²) in [6.07, 6.45) is 51.8. The zero-order valence-electron chi connectivity index (χ0n) is 55.7. The lowest BCUT2D eigenvalue weighted by Gasteiger charge is -2.17. The third kappa shape index (κ3) is 95.7. The Morgan fingerprint density at radius 1 is 0.378 bits per heavy atom. The van der Waals surface area contributed by atoms with Crippen LogP contribution < -0.4 is 11.5 Å². The number of carbonyl (C=O) groups excluding carboxylic acids is 4. The molecule has 0 saturated carbocycles. The maximum atomic E-state index is 11.6. The molecule has 0 rings (SSSR count). The zero-order chi connectivity index (χ0) is 58.8. The van der Waals surface area contributed by atoms with Crippen molar-refractivity contribution in [3.05, 3.63) is 0 Å². The zero-order valence-corrected chi connectivity index (χ0v) is 60.5. The normalized spacial score (nSPS) is 11.5. The van der Waals surface area contributed by atoms with Gasteiger partial charge < -0.3 is 29.8 Å². The van der Waals surface area contributed by atoms with Crippen molar-refractivity contribution in [2.45, 2.75) is 337 Å². The maximum Gasteiger partial charge on any atom is 0.323 e. The largest absolute Gasteiger partial charge is 0.465 e. The summed E-state index contributed by atoms with van der Waals surface area (Å²) in [7, 11) is 7.58. The van der Waals surface area contributed by atoms with E-state index in [1.54, 1.807) is 13.8 Å². The fourth-order valence-corrected chi connectivity index (χ4v) is 7.77. The number of nitrogens with zero attached hydrogens (tertiary/aromatic N) is 2. The van der Waals surface area contributed by atoms with Gasteiger partial charge >= 0.3 is 17.9 Å². The number of hydrogen-bond acceptors (Lipinski definition) is 13. The van der Waals surface area contributed by atoms with Gasteiger partial charge in [-0.3, -0.25) is 34.7 Å². The Hall–Kier alpha value is -0.630. The van der Waals surface area contributed by atoms with Crippen LogP contribution in [0.2, 0.25) is 0 Å². The van der Waals surface area contributed by atoms with Crippen LogP contribution in [0, 0.1) is 0 Å². The highest BCUT2D eigenvalue weighted by atomic mass is 35.5. The molecule has 0 aliphatic heterocycles. The highest BCUT2D eigenvalue weighted by Gasteiger charge is 2.17. The average molecular weight is 1280 g/mol. The number of hydrogen-bond donors (Lipinski definition) is 3. The van der Waals surface area contributed by atoms with Crippen LogP contribution in [0.1, 0.15) is 312 Å². The molecule has 0 heterocycles. The van der Waals surface area contributed by atoms with Crippen LogP contribution in [-0.4, -0.2) is 118 Å². The minimum atomic E-state index is -0.492. The molecule has 0 aromatic carbocycles. The number of likely N-dealkylation sites (N-methyl/N-ethyl adjacent to an activating group) is 2. The van der Waals surface area contributed by atoms with E-state index in [1.807, 2.05) is 51.8 Å². The number of ether oxygens (including phenoxy) is 4. The van der Waals surface area contributed by atoms with E-state index < -0.39 is 12.3 Å². The molecule has 0 aromatic heterocycles. The van der Waals surface area contributed by atoms with Gasteiger partial charge in [-0.2, -0.15) is 54.0 Å². The second-order valence-electron chi connectivity index (χ2n) is 22.0. The van der Waals surface area contributed by atoms with Crippen LogP contribution in [-0.2, 0) is 38.1 Å². The van der Waals surface area contributed by atoms with E-state index in [1.165, 1.54) is 225 Å². The number of carbonyl (C=O) groups is 4. The van der Waals surface area contributed by atoms with E-state index >= 15 is 0 Å². The third-order valence-corrected chi connectivity index (χ3v) is 13.6. The first-order valence-corrected chi connectivity index (χ1v) is 32.1. The molecule has 0 aliphatic rings. The Morgan fingerprint density at radius 2 is 0.573 bits per heavy atom. The lowest BCUT2D eigenvalue weighted by atomic mass is 10.1. The Labute approximate surface area is 543 Å². The smallest absolute Gasteiger partial charge is 0.323 e. The first-order valence-electron chi connectivity index (χ1n) is 32.1. The molecule has 18 heteroatoms. The maximum absolute atomic E-state index is 11.6. The first kappa shape index (κ1) is 103. The molecule has 0 aliphatic carbocycles. The third-order valence-electron chi connectivity index (χ3n) is 13.6. The van der Waals surface area contributed by atoms with Gasteiger partial charge in [-0.15, -0.1) is 12.4 Å². The SMILES string of the molecule is CCCCCCCCCCCCO.CCCCCCCCCCCCOC(=O)[C@H](C)N.CCCCCCCCCCCCOC(=O)[C@H](C)N(C)C.CCCCCCCCCCCCOC(=O)[C@H](C)N(C)C.C[C@H](N)OC=O.Cl.S.S.S.S. The number of esters is 3. The van der Waals surface area contributed by atoms with Crippen molar-refractivity contribution < 1.29 is 43.2 Å². The molecule has 0 amide bonds. The van der Waals surface area contributed by atoms with E-state index in [2.05, 4.69) is 32.4 Å². The minimum absolute atomic E-state index is 0. The summed E-state index contributed by atoms with van der Waals surface area (Å²) >= 11 is 0. The summed E-state index contributed by atoms with van der Waals surface area (Å²) in [6, 6.07) is -0.774. The Morgan fingerprint density at radius 3 is 0.732 bits per heavy atom. The molecule has 0 radical (unpaired) electrons. The predicted molar refractivity (Wildman–Crippen MR) is 377 cm³/mol. The van der Waals surface area contributed by atoms with Crippen molar-refractivity contribution >= 4 is 90.8 Å². The van der Waals surface area contributed by atoms with Crippen LogP contribution in [0.5, 0.6) is 0 Å². The highest BCUT2D eigenvalue weighted by molar-refractivity contribution is 7.59. The molecule has 82 heavy (non-hydrogen) atoms. The molecule has 13 nitrogen and oxygen atoms in total. The van der Waals surface area contributed by atoms with Gasteiger partial charge in [0.15, 0.2) is 0 Å². The van der Waals surface area contributed by atoms with Gasteiger partial charge in [-0.05, 0) is 81.6 Å². The van der Waals surface area contributed by atoms with Gasteiger partial charge in [0.2, 0.25) is 0 Å². The van der Waals surface area contributed by atoms with Crippen molar-refractivity contribution in [1.82, 2.24) is 9.80 Å². The summed E-state index contributed by atoms with van der Waals surface area (Å²) in [6.45, 7) is 18.4. The van der Waals surface area contributed by atoms with Crippen LogP contribution in [0.25, 0.3) is 0 Å². The molecule has 5 N–H and O–H groups in total. The van der Waals surface area contributed by atoms with Crippen molar-refractivity contribution in [3.8, 4) is 0 Å². The van der Waals surface area contributed by atoms with Crippen LogP contribution in [0.3, 0.4) is 0 Å². The molecule has 0 bridgehead atoms. The van der Waals surface area contributed by atoms with Crippen LogP contribution in [0.4, 0.5) is 0 Å². The van der Waals surface area contributed by atoms with Crippen molar-refractivity contribution in [1.29, 1.82) is 0 Å². The van der Waals surface area contributed by atoms with Gasteiger partial charge in [0.25, 0.3) is 6.47 Å². The number of nitrogens with two attached hydrogens (primary N) is 2. The molecular formula is C64H143ClN4O9S4. The number of unbranched alkanes of at least 4 members (excludes halogenated alkanes) is 36. The highest BCUT2D eigenvalue weighted by Crippen LogP contribution is 2.14. The van der Waals surface area contributed by atoms with Gasteiger partial charge in [0, 0.05) is 6.61 Å². The monoisotopic (exact) mass is 1270 g/mol. The lowest BCUT2D eigenvalue weighted by Crippen LogP contribution is -2.34. The number of rotatable bonds is 50. The quantitative estimate of drug-likeness (QED) is 0.0172. The Balaban J connectivity index is -0.000000101. The second kappa shape index (κ2) is 89.1. The molecule has 0 saturated heterocycles. The summed E-state index contributed by atoms with van der Waals surface area (Å²) in [5, 5.41) is 8.57. The van der Waals surface area contributed by atoms with Crippen molar-refractivity contribution in [3.63, 3.8) is 0 Å². The van der Waals surface area contributed by atoms with E-state index in [9.17, 15) is 19.2 Å². The van der Waals surface area contributed by atoms with Gasteiger partial charge in [0.05, 0.1) is 19.8 Å². The van der Waals surface area contributed by atoms with Crippen LogP contribution >= 0.6 is 66.4 Å². The molecule has 0 spiro atoms. The topological polar surface area (TPSA) is 184 Å². The fraction of sp³-hybridized carbons (Fsp3) is 0.938. The van der Waals surface area contributed by atoms with Crippen molar-refractivity contribution in [2.75, 3.05) is 54.6 Å². The van der Waals surface area contributed by atoms with Crippen molar-refractivity contribution in [2.24, 2.45) is 11.5 Å². The molecule has 0 unspecified atom stereocenters. The average Bonchev–Trinajstić information content (AvgIpc) is 3.40. The van der Waals surface area contributed by atoms with Gasteiger partial charge in [-0.1, -0.05) is 259 Å². The van der Waals surface area contributed by atoms with E-state index in [0.717, 1.165) is 32.1 Å². The number of aliphatic hydroxyl groups is 1. The summed E-state index contributed by atoms with van der Waals surface area (Å²) in [4.78, 5) is 47.3. The Bertz CT molecular complexity index is 1130. The first-order chi connectivity index (χ1) is 37.0. The number of aliphatic hydroxyl groups excluding tert-OH is 1. The van der Waals surface area contributed by atoms with Crippen LogP contribution in [0.15, 0.2) is 0 Å². The molecule has 4 atom stereocenters. The minimum Gasteiger partial charge on any atom is -0.465 e. The lowest BCUT2D eigenvalue weighted by molar-refractivity contribution is -0.149.